The molecule has 1 aromatic carbocycles. The summed E-state index contributed by atoms with van der Waals surface area (Å²) in [7, 11) is 0. The standard InChI is InChI=1S/C16H21NO3/c1-11(13-5-3-4-6-13)17-15-9-7-14(8-10-15)16(19)20-12(2)18/h7-11,13,17H,3-6H2,1-2H3. The van der Waals surface area contributed by atoms with E-state index in [1.807, 2.05) is 12.1 Å². The summed E-state index contributed by atoms with van der Waals surface area (Å²) in [5.41, 5.74) is 1.38. The molecule has 1 aliphatic carbocycles. The number of rotatable bonds is 4. The minimum absolute atomic E-state index is 0.388. The number of carbonyl (C=O) groups is 2. The van der Waals surface area contributed by atoms with Gasteiger partial charge in [-0.25, -0.2) is 4.79 Å². The first-order valence-electron chi connectivity index (χ1n) is 7.15. The fourth-order valence-corrected chi connectivity index (χ4v) is 2.73. The van der Waals surface area contributed by atoms with Crippen molar-refractivity contribution in [1.29, 1.82) is 0 Å². The molecule has 0 aromatic heterocycles. The molecule has 0 saturated heterocycles. The van der Waals surface area contributed by atoms with Crippen LogP contribution in [0.1, 0.15) is 49.9 Å². The maximum atomic E-state index is 11.5. The highest BCUT2D eigenvalue weighted by Gasteiger charge is 2.21. The maximum Gasteiger partial charge on any atom is 0.345 e. The van der Waals surface area contributed by atoms with Crippen molar-refractivity contribution < 1.29 is 14.3 Å². The molecular formula is C16H21NO3. The van der Waals surface area contributed by atoms with Crippen molar-refractivity contribution in [2.45, 2.75) is 45.6 Å². The lowest BCUT2D eigenvalue weighted by Gasteiger charge is -2.21. The van der Waals surface area contributed by atoms with Crippen LogP contribution in [0.15, 0.2) is 24.3 Å². The molecule has 1 atom stereocenters. The van der Waals surface area contributed by atoms with Crippen LogP contribution in [-0.4, -0.2) is 18.0 Å². The second-order valence-electron chi connectivity index (χ2n) is 5.44. The average Bonchev–Trinajstić information content (AvgIpc) is 2.92. The van der Waals surface area contributed by atoms with Crippen molar-refractivity contribution in [3.63, 3.8) is 0 Å². The fraction of sp³-hybridized carbons (Fsp3) is 0.500. The predicted molar refractivity (Wildman–Crippen MR) is 77.6 cm³/mol. The van der Waals surface area contributed by atoms with Gasteiger partial charge in [0.2, 0.25) is 0 Å². The zero-order valence-corrected chi connectivity index (χ0v) is 12.0. The quantitative estimate of drug-likeness (QED) is 0.676. The van der Waals surface area contributed by atoms with Gasteiger partial charge in [0.1, 0.15) is 0 Å². The summed E-state index contributed by atoms with van der Waals surface area (Å²) < 4.78 is 4.54. The molecule has 1 aromatic rings. The van der Waals surface area contributed by atoms with Gasteiger partial charge >= 0.3 is 11.9 Å². The smallest absolute Gasteiger partial charge is 0.345 e. The largest absolute Gasteiger partial charge is 0.390 e. The van der Waals surface area contributed by atoms with E-state index in [-0.39, 0.29) is 0 Å². The van der Waals surface area contributed by atoms with Crippen LogP contribution in [0.5, 0.6) is 0 Å². The molecule has 1 aliphatic rings. The van der Waals surface area contributed by atoms with Crippen molar-refractivity contribution >= 4 is 17.6 Å². The van der Waals surface area contributed by atoms with Crippen LogP contribution in [0.4, 0.5) is 5.69 Å². The van der Waals surface area contributed by atoms with Crippen LogP contribution in [0.2, 0.25) is 0 Å². The number of hydrogen-bond acceptors (Lipinski definition) is 4. The summed E-state index contributed by atoms with van der Waals surface area (Å²) in [6, 6.07) is 7.49. The Hall–Kier alpha value is -1.84. The molecule has 0 bridgehead atoms. The Kier molecular flexibility index (Phi) is 4.77. The van der Waals surface area contributed by atoms with E-state index in [0.29, 0.717) is 11.6 Å². The maximum absolute atomic E-state index is 11.5. The molecule has 1 N–H and O–H groups in total. The number of esters is 2. The average molecular weight is 275 g/mol. The van der Waals surface area contributed by atoms with Crippen molar-refractivity contribution in [3.8, 4) is 0 Å². The van der Waals surface area contributed by atoms with Gasteiger partial charge in [0.05, 0.1) is 5.56 Å². The lowest BCUT2D eigenvalue weighted by Crippen LogP contribution is -2.23. The van der Waals surface area contributed by atoms with Gasteiger partial charge in [-0.1, -0.05) is 12.8 Å². The van der Waals surface area contributed by atoms with E-state index < -0.39 is 11.9 Å². The van der Waals surface area contributed by atoms with E-state index in [2.05, 4.69) is 17.0 Å². The van der Waals surface area contributed by atoms with Crippen molar-refractivity contribution in [1.82, 2.24) is 0 Å². The van der Waals surface area contributed by atoms with E-state index >= 15 is 0 Å². The zero-order valence-electron chi connectivity index (χ0n) is 12.0. The molecule has 0 heterocycles. The number of hydrogen-bond donors (Lipinski definition) is 1. The molecule has 1 saturated carbocycles. The molecule has 0 spiro atoms. The second-order valence-corrected chi connectivity index (χ2v) is 5.44. The first-order valence-corrected chi connectivity index (χ1v) is 7.15. The molecule has 0 radical (unpaired) electrons. The highest BCUT2D eigenvalue weighted by atomic mass is 16.6. The number of carbonyl (C=O) groups excluding carboxylic acids is 2. The molecule has 4 nitrogen and oxygen atoms in total. The zero-order chi connectivity index (χ0) is 14.5. The van der Waals surface area contributed by atoms with Crippen LogP contribution in [0.3, 0.4) is 0 Å². The number of ether oxygens (including phenoxy) is 1. The SMILES string of the molecule is CC(=O)OC(=O)c1ccc(NC(C)C2CCCC2)cc1. The van der Waals surface area contributed by atoms with Crippen LogP contribution in [-0.2, 0) is 9.53 Å². The summed E-state index contributed by atoms with van der Waals surface area (Å²) in [6.07, 6.45) is 5.23. The fourth-order valence-electron chi connectivity index (χ4n) is 2.73. The monoisotopic (exact) mass is 275 g/mol. The van der Waals surface area contributed by atoms with Crippen LogP contribution < -0.4 is 5.32 Å². The Labute approximate surface area is 119 Å². The Bertz CT molecular complexity index is 475. The highest BCUT2D eigenvalue weighted by Crippen LogP contribution is 2.29. The number of benzene rings is 1. The molecule has 4 heteroatoms. The van der Waals surface area contributed by atoms with Gasteiger partial charge in [-0.2, -0.15) is 0 Å². The Morgan fingerprint density at radius 1 is 1.20 bits per heavy atom. The summed E-state index contributed by atoms with van der Waals surface area (Å²) in [5, 5.41) is 3.47. The van der Waals surface area contributed by atoms with Gasteiger partial charge in [-0.15, -0.1) is 0 Å². The second kappa shape index (κ2) is 6.55. The molecule has 20 heavy (non-hydrogen) atoms. The van der Waals surface area contributed by atoms with E-state index in [1.54, 1.807) is 12.1 Å². The van der Waals surface area contributed by atoms with Crippen LogP contribution in [0, 0.1) is 5.92 Å². The normalized spacial score (nSPS) is 16.7. The minimum atomic E-state index is -0.604. The Morgan fingerprint density at radius 3 is 2.35 bits per heavy atom. The van der Waals surface area contributed by atoms with Gasteiger partial charge in [-0.05, 0) is 49.9 Å². The van der Waals surface area contributed by atoms with Crippen molar-refractivity contribution in [3.05, 3.63) is 29.8 Å². The molecule has 108 valence electrons. The van der Waals surface area contributed by atoms with Crippen molar-refractivity contribution in [2.75, 3.05) is 5.32 Å². The van der Waals surface area contributed by atoms with Crippen molar-refractivity contribution in [2.24, 2.45) is 5.92 Å². The third-order valence-electron chi connectivity index (χ3n) is 3.86. The third-order valence-corrected chi connectivity index (χ3v) is 3.86. The summed E-state index contributed by atoms with van der Waals surface area (Å²) in [4.78, 5) is 22.3. The lowest BCUT2D eigenvalue weighted by molar-refractivity contribution is -0.135. The summed E-state index contributed by atoms with van der Waals surface area (Å²) in [6.45, 7) is 3.42. The molecule has 1 unspecified atom stereocenters. The molecule has 1 fully saturated rings. The topological polar surface area (TPSA) is 55.4 Å². The lowest BCUT2D eigenvalue weighted by atomic mass is 9.99. The molecular weight excluding hydrogens is 254 g/mol. The first-order chi connectivity index (χ1) is 9.56. The van der Waals surface area contributed by atoms with Crippen LogP contribution >= 0.6 is 0 Å². The van der Waals surface area contributed by atoms with E-state index in [0.717, 1.165) is 11.6 Å². The first kappa shape index (κ1) is 14.6. The van der Waals surface area contributed by atoms with Gasteiger partial charge in [0.15, 0.2) is 0 Å². The van der Waals surface area contributed by atoms with Gasteiger partial charge in [-0.3, -0.25) is 4.79 Å². The van der Waals surface area contributed by atoms with E-state index in [9.17, 15) is 9.59 Å². The van der Waals surface area contributed by atoms with E-state index in [1.165, 1.54) is 32.6 Å². The molecule has 2 rings (SSSR count). The summed E-state index contributed by atoms with van der Waals surface area (Å²) in [5.74, 6) is -0.461. The molecule has 0 amide bonds. The number of nitrogens with one attached hydrogen (secondary N) is 1. The predicted octanol–water partition coefficient (Wildman–Crippen LogP) is 3.38. The van der Waals surface area contributed by atoms with Gasteiger partial charge < -0.3 is 10.1 Å². The minimum Gasteiger partial charge on any atom is -0.390 e. The Morgan fingerprint density at radius 2 is 1.80 bits per heavy atom. The summed E-state index contributed by atoms with van der Waals surface area (Å²) >= 11 is 0. The number of anilines is 1. The van der Waals surface area contributed by atoms with Gasteiger partial charge in [0.25, 0.3) is 0 Å². The van der Waals surface area contributed by atoms with E-state index in [4.69, 9.17) is 0 Å². The Balaban J connectivity index is 1.94. The molecule has 0 aliphatic heterocycles. The highest BCUT2D eigenvalue weighted by molar-refractivity contribution is 5.96. The van der Waals surface area contributed by atoms with Crippen LogP contribution in [0.25, 0.3) is 0 Å². The van der Waals surface area contributed by atoms with Gasteiger partial charge in [0, 0.05) is 18.7 Å². The third kappa shape index (κ3) is 3.83.